The van der Waals surface area contributed by atoms with E-state index in [4.69, 9.17) is 16.3 Å². The third-order valence-electron chi connectivity index (χ3n) is 2.97. The van der Waals surface area contributed by atoms with E-state index in [-0.39, 0.29) is 23.2 Å². The van der Waals surface area contributed by atoms with Gasteiger partial charge in [0, 0.05) is 25.2 Å². The summed E-state index contributed by atoms with van der Waals surface area (Å²) in [6.45, 7) is -0.0961. The van der Waals surface area contributed by atoms with Crippen molar-refractivity contribution in [1.82, 2.24) is 4.90 Å². The second kappa shape index (κ2) is 5.44. The SMILES string of the molecule is CN(C(=O)COc1ccc([N+](=O)[O-])c(Cl)c1)C1CC1. The van der Waals surface area contributed by atoms with Crippen LogP contribution in [-0.4, -0.2) is 35.4 Å². The van der Waals surface area contributed by atoms with Crippen LogP contribution in [0.2, 0.25) is 5.02 Å². The van der Waals surface area contributed by atoms with E-state index in [1.54, 1.807) is 11.9 Å². The van der Waals surface area contributed by atoms with Crippen molar-refractivity contribution in [2.75, 3.05) is 13.7 Å². The Hall–Kier alpha value is -1.82. The molecule has 1 aliphatic carbocycles. The molecule has 0 heterocycles. The highest BCUT2D eigenvalue weighted by molar-refractivity contribution is 6.32. The van der Waals surface area contributed by atoms with Crippen molar-refractivity contribution in [1.29, 1.82) is 0 Å². The van der Waals surface area contributed by atoms with Crippen molar-refractivity contribution in [3.63, 3.8) is 0 Å². The van der Waals surface area contributed by atoms with Gasteiger partial charge in [-0.3, -0.25) is 14.9 Å². The Morgan fingerprint density at radius 2 is 2.26 bits per heavy atom. The fourth-order valence-electron chi connectivity index (χ4n) is 1.64. The van der Waals surface area contributed by atoms with E-state index in [1.807, 2.05) is 0 Å². The Kier molecular flexibility index (Phi) is 3.90. The Morgan fingerprint density at radius 1 is 1.58 bits per heavy atom. The molecule has 19 heavy (non-hydrogen) atoms. The van der Waals surface area contributed by atoms with Crippen LogP contribution in [0.5, 0.6) is 5.75 Å². The summed E-state index contributed by atoms with van der Waals surface area (Å²) in [4.78, 5) is 23.4. The molecule has 0 radical (unpaired) electrons. The van der Waals surface area contributed by atoms with E-state index in [0.717, 1.165) is 12.8 Å². The summed E-state index contributed by atoms with van der Waals surface area (Å²) < 4.78 is 5.28. The van der Waals surface area contributed by atoms with Crippen LogP contribution in [0.1, 0.15) is 12.8 Å². The van der Waals surface area contributed by atoms with Crippen molar-refractivity contribution in [3.05, 3.63) is 33.3 Å². The average molecular weight is 285 g/mol. The smallest absolute Gasteiger partial charge is 0.288 e. The summed E-state index contributed by atoms with van der Waals surface area (Å²) in [6.07, 6.45) is 2.07. The molecule has 0 spiro atoms. The van der Waals surface area contributed by atoms with E-state index in [0.29, 0.717) is 11.8 Å². The number of nitro groups is 1. The Balaban J connectivity index is 1.94. The van der Waals surface area contributed by atoms with Crippen LogP contribution in [0.25, 0.3) is 0 Å². The molecule has 1 aromatic carbocycles. The standard InChI is InChI=1S/C12H13ClN2O4/c1-14(8-2-3-8)12(16)7-19-9-4-5-11(15(17)18)10(13)6-9/h4-6,8H,2-3,7H2,1H3. The number of nitro benzene ring substituents is 1. The second-order valence-corrected chi connectivity index (χ2v) is 4.80. The lowest BCUT2D eigenvalue weighted by molar-refractivity contribution is -0.384. The number of amides is 1. The molecule has 1 aliphatic rings. The molecular formula is C12H13ClN2O4. The number of halogens is 1. The molecule has 1 saturated carbocycles. The Morgan fingerprint density at radius 3 is 2.79 bits per heavy atom. The number of carbonyl (C=O) groups excluding carboxylic acids is 1. The first-order valence-electron chi connectivity index (χ1n) is 5.81. The van der Waals surface area contributed by atoms with Crippen LogP contribution in [0.4, 0.5) is 5.69 Å². The molecule has 0 bridgehead atoms. The van der Waals surface area contributed by atoms with Gasteiger partial charge < -0.3 is 9.64 Å². The monoisotopic (exact) mass is 284 g/mol. The summed E-state index contributed by atoms with van der Waals surface area (Å²) in [5, 5.41) is 10.6. The average Bonchev–Trinajstić information content (AvgIpc) is 3.18. The van der Waals surface area contributed by atoms with Crippen LogP contribution in [0.15, 0.2) is 18.2 Å². The molecule has 2 rings (SSSR count). The van der Waals surface area contributed by atoms with Crippen LogP contribution in [0, 0.1) is 10.1 Å². The van der Waals surface area contributed by atoms with Crippen molar-refractivity contribution in [2.45, 2.75) is 18.9 Å². The number of hydrogen-bond acceptors (Lipinski definition) is 4. The third-order valence-corrected chi connectivity index (χ3v) is 3.27. The number of ether oxygens (including phenoxy) is 1. The summed E-state index contributed by atoms with van der Waals surface area (Å²) in [5.74, 6) is 0.227. The minimum Gasteiger partial charge on any atom is -0.484 e. The minimum absolute atomic E-state index is 0.00880. The number of rotatable bonds is 5. The van der Waals surface area contributed by atoms with Gasteiger partial charge in [-0.15, -0.1) is 0 Å². The number of likely N-dealkylation sites (N-methyl/N-ethyl adjacent to an activating group) is 1. The first-order chi connectivity index (χ1) is 8.99. The van der Waals surface area contributed by atoms with Gasteiger partial charge in [-0.25, -0.2) is 0 Å². The maximum Gasteiger partial charge on any atom is 0.288 e. The van der Waals surface area contributed by atoms with Gasteiger partial charge >= 0.3 is 0 Å². The molecule has 1 aromatic rings. The molecular weight excluding hydrogens is 272 g/mol. The van der Waals surface area contributed by atoms with Gasteiger partial charge in [-0.05, 0) is 18.9 Å². The van der Waals surface area contributed by atoms with Gasteiger partial charge in [0.05, 0.1) is 4.92 Å². The summed E-state index contributed by atoms with van der Waals surface area (Å²) in [5.41, 5.74) is -0.185. The number of benzene rings is 1. The molecule has 0 atom stereocenters. The molecule has 102 valence electrons. The van der Waals surface area contributed by atoms with Crippen LogP contribution in [0.3, 0.4) is 0 Å². The summed E-state index contributed by atoms with van der Waals surface area (Å²) >= 11 is 5.75. The van der Waals surface area contributed by atoms with E-state index < -0.39 is 4.92 Å². The summed E-state index contributed by atoms with van der Waals surface area (Å²) in [7, 11) is 1.74. The Labute approximate surface area is 115 Å². The van der Waals surface area contributed by atoms with E-state index in [9.17, 15) is 14.9 Å². The molecule has 0 aliphatic heterocycles. The van der Waals surface area contributed by atoms with E-state index >= 15 is 0 Å². The van der Waals surface area contributed by atoms with Gasteiger partial charge in [0.1, 0.15) is 10.8 Å². The fraction of sp³-hybridized carbons (Fsp3) is 0.417. The number of carbonyl (C=O) groups is 1. The van der Waals surface area contributed by atoms with Crippen molar-refractivity contribution >= 4 is 23.2 Å². The first kappa shape index (κ1) is 13.6. The molecule has 1 fully saturated rings. The molecule has 0 N–H and O–H groups in total. The van der Waals surface area contributed by atoms with E-state index in [2.05, 4.69) is 0 Å². The zero-order chi connectivity index (χ0) is 14.0. The van der Waals surface area contributed by atoms with Crippen molar-refractivity contribution < 1.29 is 14.5 Å². The number of hydrogen-bond donors (Lipinski definition) is 0. The van der Waals surface area contributed by atoms with Gasteiger partial charge in [-0.1, -0.05) is 11.6 Å². The minimum atomic E-state index is -0.571. The highest BCUT2D eigenvalue weighted by Crippen LogP contribution is 2.29. The predicted molar refractivity (Wildman–Crippen MR) is 69.4 cm³/mol. The molecule has 7 heteroatoms. The largest absolute Gasteiger partial charge is 0.484 e. The normalized spacial score (nSPS) is 14.0. The maximum atomic E-state index is 11.7. The third kappa shape index (κ3) is 3.35. The van der Waals surface area contributed by atoms with Crippen molar-refractivity contribution in [3.8, 4) is 5.75 Å². The highest BCUT2D eigenvalue weighted by Gasteiger charge is 2.29. The molecule has 0 aromatic heterocycles. The maximum absolute atomic E-state index is 11.7. The quantitative estimate of drug-likeness (QED) is 0.614. The van der Waals surface area contributed by atoms with Gasteiger partial charge in [-0.2, -0.15) is 0 Å². The lowest BCUT2D eigenvalue weighted by Gasteiger charge is -2.16. The number of nitrogens with zero attached hydrogens (tertiary/aromatic N) is 2. The van der Waals surface area contributed by atoms with Gasteiger partial charge in [0.15, 0.2) is 6.61 Å². The molecule has 0 unspecified atom stereocenters. The lowest BCUT2D eigenvalue weighted by Crippen LogP contribution is -2.33. The molecule has 1 amide bonds. The second-order valence-electron chi connectivity index (χ2n) is 4.39. The van der Waals surface area contributed by atoms with Crippen LogP contribution >= 0.6 is 11.6 Å². The molecule has 0 saturated heterocycles. The topological polar surface area (TPSA) is 72.7 Å². The zero-order valence-electron chi connectivity index (χ0n) is 10.3. The van der Waals surface area contributed by atoms with Crippen LogP contribution in [-0.2, 0) is 4.79 Å². The lowest BCUT2D eigenvalue weighted by atomic mass is 10.3. The zero-order valence-corrected chi connectivity index (χ0v) is 11.1. The summed E-state index contributed by atoms with van der Waals surface area (Å²) in [6, 6.07) is 4.35. The fourth-order valence-corrected chi connectivity index (χ4v) is 1.88. The Bertz CT molecular complexity index is 516. The van der Waals surface area contributed by atoms with E-state index in [1.165, 1.54) is 18.2 Å². The predicted octanol–water partition coefficient (Wildman–Crippen LogP) is 2.25. The van der Waals surface area contributed by atoms with Gasteiger partial charge in [0.2, 0.25) is 0 Å². The highest BCUT2D eigenvalue weighted by atomic mass is 35.5. The molecule has 6 nitrogen and oxygen atoms in total. The first-order valence-corrected chi connectivity index (χ1v) is 6.19. The van der Waals surface area contributed by atoms with Gasteiger partial charge in [0.25, 0.3) is 11.6 Å². The van der Waals surface area contributed by atoms with Crippen molar-refractivity contribution in [2.24, 2.45) is 0 Å². The van der Waals surface area contributed by atoms with Crippen LogP contribution < -0.4 is 4.74 Å².